The van der Waals surface area contributed by atoms with E-state index in [-0.39, 0.29) is 57.0 Å². The van der Waals surface area contributed by atoms with Gasteiger partial charge in [-0.1, -0.05) is 4.98 Å². The molecule has 38 nitrogen and oxygen atoms in total. The third kappa shape index (κ3) is 10.8. The van der Waals surface area contributed by atoms with Crippen LogP contribution in [0.4, 0.5) is 17.7 Å². The molecule has 6 aromatic rings. The average molecular weight is 1140 g/mol. The Kier molecular flexibility index (Phi) is 14.7. The summed E-state index contributed by atoms with van der Waals surface area (Å²) in [6.07, 6.45) is -15.9. The number of phosphoric acid groups is 3. The Bertz CT molecular complexity index is 3520. The lowest BCUT2D eigenvalue weighted by molar-refractivity contribution is -0.745. The summed E-state index contributed by atoms with van der Waals surface area (Å²) in [6, 6.07) is 0. The number of anilines is 3. The molecule has 0 radical (unpaired) electrons. The van der Waals surface area contributed by atoms with Gasteiger partial charge in [0.25, 0.3) is 40.5 Å². The van der Waals surface area contributed by atoms with E-state index in [9.17, 15) is 67.8 Å². The van der Waals surface area contributed by atoms with Crippen molar-refractivity contribution in [1.82, 2.24) is 53.6 Å². The topological polar surface area (TPSA) is 564 Å². The number of phosphoric ester groups is 2. The molecule has 3 fully saturated rings. The molecule has 3 saturated heterocycles. The highest BCUT2D eigenvalue weighted by Gasteiger charge is 2.50. The minimum absolute atomic E-state index is 0.0161. The van der Waals surface area contributed by atoms with E-state index < -0.39 is 129 Å². The van der Waals surface area contributed by atoms with Gasteiger partial charge in [0, 0.05) is 7.11 Å². The molecular weight excluding hydrogens is 1100 g/mol. The first-order valence-corrected chi connectivity index (χ1v) is 27.1. The van der Waals surface area contributed by atoms with E-state index in [2.05, 4.69) is 53.0 Å². The molecule has 16 atom stereocenters. The molecule has 12 N–H and O–H groups in total. The molecule has 0 spiro atoms. The number of nitrogens with zero attached hydrogens (tertiary/aromatic N) is 10. The van der Waals surface area contributed by atoms with Crippen molar-refractivity contribution >= 4 is 82.3 Å². The van der Waals surface area contributed by atoms with Gasteiger partial charge in [-0.05, 0) is 11.9 Å². The zero-order valence-electron chi connectivity index (χ0n) is 37.8. The number of aliphatic hydroxyl groups is 4. The molecule has 3 aliphatic heterocycles. The summed E-state index contributed by atoms with van der Waals surface area (Å²) in [6.45, 7) is -2.30. The molecular formula is C33H40N15O23P4-3. The first-order chi connectivity index (χ1) is 35.2. The Labute approximate surface area is 415 Å². The fraction of sp³-hybridized carbons (Fsp3) is 0.485. The maximum atomic E-state index is 13.5. The van der Waals surface area contributed by atoms with Crippen molar-refractivity contribution in [1.29, 1.82) is 0 Å². The van der Waals surface area contributed by atoms with Crippen molar-refractivity contribution < 1.29 is 104 Å². The first kappa shape index (κ1) is 54.4. The van der Waals surface area contributed by atoms with E-state index in [1.54, 1.807) is 0 Å². The number of aromatic nitrogens is 12. The van der Waals surface area contributed by atoms with Gasteiger partial charge in [0.05, 0.1) is 32.9 Å². The van der Waals surface area contributed by atoms with E-state index in [4.69, 9.17) is 45.2 Å². The second-order valence-corrected chi connectivity index (χ2v) is 22.5. The minimum atomic E-state index is -6.52. The number of fused-ring (bicyclic) bond motifs is 3. The highest BCUT2D eigenvalue weighted by molar-refractivity contribution is 7.68. The van der Waals surface area contributed by atoms with Gasteiger partial charge >= 0.3 is 5.65 Å². The van der Waals surface area contributed by atoms with Crippen LogP contribution in [0.2, 0.25) is 0 Å². The highest BCUT2D eigenvalue weighted by atomic mass is 31.3. The molecule has 42 heteroatoms. The summed E-state index contributed by atoms with van der Waals surface area (Å²) in [5.41, 5.74) is 15.2. The van der Waals surface area contributed by atoms with Gasteiger partial charge in [0.2, 0.25) is 17.7 Å². The van der Waals surface area contributed by atoms with Crippen LogP contribution >= 0.6 is 31.1 Å². The van der Waals surface area contributed by atoms with Gasteiger partial charge in [-0.3, -0.25) is 51.3 Å². The Morgan fingerprint density at radius 2 is 1.37 bits per heavy atom. The van der Waals surface area contributed by atoms with E-state index in [1.165, 1.54) is 17.9 Å². The number of nitrogens with two attached hydrogens (primary N) is 3. The SMILES string of the molecule is CO[C@H]1C(OP(=O)([O-])OC[C@H]2O[C@@H](n3cnc4c(=O)[nH]c(N)nc43)C(O)[C@H]2O)[C@@H](/C=C/P(=O)([O-])OP(=O)([O-])OP(=O)([O-])OC[C@H]2O[C@@H]([n+]3cn(C)c4c(=O)[nH]c(N)nc43)[C@@H](O)C2O)O[C@H]1n1cnc2c(N)ncnc21. The van der Waals surface area contributed by atoms with E-state index in [0.29, 0.717) is 6.08 Å². The van der Waals surface area contributed by atoms with Crippen molar-refractivity contribution in [2.24, 2.45) is 7.05 Å². The molecule has 75 heavy (non-hydrogen) atoms. The monoisotopic (exact) mass is 1140 g/mol. The lowest BCUT2D eigenvalue weighted by atomic mass is 10.1. The van der Waals surface area contributed by atoms with Gasteiger partial charge in [0.15, 0.2) is 49.0 Å². The number of H-pyrrole nitrogens is 2. The number of aromatic amines is 2. The van der Waals surface area contributed by atoms with Crippen molar-refractivity contribution in [3.63, 3.8) is 0 Å². The maximum absolute atomic E-state index is 13.5. The van der Waals surface area contributed by atoms with Crippen LogP contribution in [0.25, 0.3) is 33.5 Å². The number of rotatable bonds is 18. The molecule has 0 bridgehead atoms. The minimum Gasteiger partial charge on any atom is -0.775 e. The van der Waals surface area contributed by atoms with Gasteiger partial charge in [-0.25, -0.2) is 28.8 Å². The van der Waals surface area contributed by atoms with E-state index >= 15 is 0 Å². The van der Waals surface area contributed by atoms with Crippen LogP contribution in [0.15, 0.2) is 46.8 Å². The second-order valence-electron chi connectivity index (χ2n) is 16.4. The average Bonchev–Trinajstić information content (AvgIpc) is 4.17. The van der Waals surface area contributed by atoms with Gasteiger partial charge < -0.3 is 94.3 Å². The van der Waals surface area contributed by atoms with Crippen molar-refractivity contribution in [2.45, 2.75) is 73.6 Å². The number of nitrogens with one attached hydrogen (secondary N) is 2. The molecule has 9 heterocycles. The third-order valence-corrected chi connectivity index (χ3v) is 16.8. The van der Waals surface area contributed by atoms with Crippen LogP contribution in [-0.2, 0) is 66.4 Å². The summed E-state index contributed by atoms with van der Waals surface area (Å²) < 4.78 is 102. The van der Waals surface area contributed by atoms with Crippen LogP contribution < -0.4 is 52.5 Å². The van der Waals surface area contributed by atoms with Crippen LogP contribution in [0.3, 0.4) is 0 Å². The third-order valence-electron chi connectivity index (χ3n) is 11.5. The molecule has 7 unspecified atom stereocenters. The van der Waals surface area contributed by atoms with Crippen molar-refractivity contribution in [3.05, 3.63) is 57.9 Å². The molecule has 408 valence electrons. The summed E-state index contributed by atoms with van der Waals surface area (Å²) in [4.78, 5) is 105. The highest BCUT2D eigenvalue weighted by Crippen LogP contribution is 2.63. The zero-order chi connectivity index (χ0) is 54.3. The molecule has 0 aromatic carbocycles. The standard InChI is InChI=1S/C33H43N15O23P4/c1-45-10-48(26-16(45)28(54)44-33(36)42-26)30-20(52)18(50)13(68-30)6-65-74(59,60)71-75(61,62)70-72(55,56)4-3-11-21(22(63-2)31(66-11)46-8-39-14-23(34)37-7-38-24(14)46)69-73(57,58)64-5-12-17(49)19(51)29(67-12)47-9-40-15-25(47)41-32(35)43-27(15)53/h3-4,7-13,17-22,29-31,49-52H,5-6H2,1-2H3,(H11-,34,35,36,37,38,41,42,43,44,53,54,55,56,57,58,59,60,61,62)/p-3/b4-3+/t11-,12-,13-,17+,18?,19?,20+,21?,22+,29-,30-,31-/m1/s1. The van der Waals surface area contributed by atoms with Crippen LogP contribution in [0.5, 0.6) is 0 Å². The number of aryl methyl sites for hydroxylation is 1. The van der Waals surface area contributed by atoms with Crippen LogP contribution in [0, 0.1) is 0 Å². The predicted octanol–water partition coefficient (Wildman–Crippen LogP) is -6.66. The fourth-order valence-electron chi connectivity index (χ4n) is 8.28. The predicted molar refractivity (Wildman–Crippen MR) is 233 cm³/mol. The summed E-state index contributed by atoms with van der Waals surface area (Å²) in [5.74, 6) is -0.747. The van der Waals surface area contributed by atoms with Gasteiger partial charge in [0.1, 0.15) is 66.8 Å². The van der Waals surface area contributed by atoms with Crippen molar-refractivity contribution in [3.8, 4) is 0 Å². The number of ether oxygens (including phenoxy) is 4. The van der Waals surface area contributed by atoms with E-state index in [0.717, 1.165) is 39.8 Å². The number of hydrogen-bond donors (Lipinski definition) is 9. The molecule has 0 amide bonds. The number of imidazole rings is 3. The van der Waals surface area contributed by atoms with Crippen molar-refractivity contribution in [2.75, 3.05) is 37.5 Å². The first-order valence-electron chi connectivity index (χ1n) is 21.1. The van der Waals surface area contributed by atoms with Gasteiger partial charge in [-0.15, -0.1) is 0 Å². The fourth-order valence-corrected chi connectivity index (χ4v) is 12.8. The number of hydrogen-bond acceptors (Lipinski definition) is 32. The molecule has 9 rings (SSSR count). The quantitative estimate of drug-likeness (QED) is 0.0285. The molecule has 0 saturated carbocycles. The lowest BCUT2D eigenvalue weighted by Gasteiger charge is -2.34. The molecule has 3 aliphatic rings. The zero-order valence-corrected chi connectivity index (χ0v) is 41.4. The second kappa shape index (κ2) is 20.2. The largest absolute Gasteiger partial charge is 0.775 e. The van der Waals surface area contributed by atoms with Crippen LogP contribution in [-0.4, -0.2) is 149 Å². The normalized spacial score (nSPS) is 30.6. The summed E-state index contributed by atoms with van der Waals surface area (Å²) in [5, 5.41) is 43.1. The molecule has 6 aromatic heterocycles. The number of aliphatic hydroxyl groups excluding tert-OH is 4. The van der Waals surface area contributed by atoms with Gasteiger partial charge in [-0.2, -0.15) is 4.98 Å². The Hall–Kier alpha value is -5.37. The Morgan fingerprint density at radius 1 is 0.747 bits per heavy atom. The summed E-state index contributed by atoms with van der Waals surface area (Å²) in [7, 11) is -21.9. The van der Waals surface area contributed by atoms with Crippen LogP contribution in [0.1, 0.15) is 18.7 Å². The molecule has 0 aliphatic carbocycles. The van der Waals surface area contributed by atoms with E-state index in [1.807, 2.05) is 0 Å². The lowest BCUT2D eigenvalue weighted by Crippen LogP contribution is -2.46. The maximum Gasteiger partial charge on any atom is 0.313 e. The number of nitrogen functional groups attached to an aromatic ring is 3. The summed E-state index contributed by atoms with van der Waals surface area (Å²) >= 11 is 0. The number of methoxy groups -OCH3 is 1. The smallest absolute Gasteiger partial charge is 0.313 e. The Morgan fingerprint density at radius 3 is 2.08 bits per heavy atom. The Balaban J connectivity index is 0.883.